The maximum atomic E-state index is 12.7. The van der Waals surface area contributed by atoms with E-state index in [0.717, 1.165) is 0 Å². The molecule has 14 heteroatoms. The fourth-order valence-electron chi connectivity index (χ4n) is 2.67. The van der Waals surface area contributed by atoms with Crippen molar-refractivity contribution in [2.24, 2.45) is 17.4 Å². The monoisotopic (exact) mass is 491 g/mol. The van der Waals surface area contributed by atoms with E-state index in [1.54, 1.807) is 13.8 Å². The summed E-state index contributed by atoms with van der Waals surface area (Å²) in [7, 11) is 0. The zero-order valence-electron chi connectivity index (χ0n) is 18.6. The molecule has 4 atom stereocenters. The zero-order valence-corrected chi connectivity index (χ0v) is 19.5. The van der Waals surface area contributed by atoms with Crippen LogP contribution in [0, 0.1) is 5.92 Å². The summed E-state index contributed by atoms with van der Waals surface area (Å²) in [6.45, 7) is 3.56. The quantitative estimate of drug-likeness (QED) is 0.111. The average Bonchev–Trinajstić information content (AvgIpc) is 2.71. The van der Waals surface area contributed by atoms with E-state index in [1.807, 2.05) is 0 Å². The van der Waals surface area contributed by atoms with Gasteiger partial charge in [0.25, 0.3) is 0 Å². The smallest absolute Gasteiger partial charge is 0.326 e. The van der Waals surface area contributed by atoms with Crippen LogP contribution in [0.25, 0.3) is 0 Å². The number of nitrogens with one attached hydrogen (secondary N) is 3. The third-order valence-corrected chi connectivity index (χ3v) is 4.82. The number of carboxylic acid groups (broad SMARTS) is 2. The normalized spacial score (nSPS) is 14.5. The topological polar surface area (TPSA) is 231 Å². The van der Waals surface area contributed by atoms with Crippen molar-refractivity contribution in [3.63, 3.8) is 0 Å². The van der Waals surface area contributed by atoms with Gasteiger partial charge in [-0.1, -0.05) is 13.8 Å². The predicted molar refractivity (Wildman–Crippen MR) is 120 cm³/mol. The lowest BCUT2D eigenvalue weighted by molar-refractivity contribution is -0.143. The van der Waals surface area contributed by atoms with Crippen molar-refractivity contribution in [2.75, 3.05) is 5.75 Å². The van der Waals surface area contributed by atoms with Crippen LogP contribution in [0.1, 0.15) is 46.0 Å². The highest BCUT2D eigenvalue weighted by atomic mass is 32.1. The third-order valence-electron chi connectivity index (χ3n) is 4.46. The van der Waals surface area contributed by atoms with E-state index in [9.17, 15) is 33.9 Å². The largest absolute Gasteiger partial charge is 0.481 e. The fraction of sp³-hybridized carbons (Fsp3) is 0.684. The summed E-state index contributed by atoms with van der Waals surface area (Å²) in [5.41, 5.74) is 10.7. The molecule has 9 N–H and O–H groups in total. The number of carboxylic acids is 2. The number of carbonyl (C=O) groups is 6. The molecular weight excluding hydrogens is 458 g/mol. The molecule has 4 unspecified atom stereocenters. The number of thiol groups is 1. The second-order valence-corrected chi connectivity index (χ2v) is 8.24. The van der Waals surface area contributed by atoms with E-state index in [2.05, 4.69) is 28.6 Å². The van der Waals surface area contributed by atoms with Gasteiger partial charge in [0, 0.05) is 18.6 Å². The van der Waals surface area contributed by atoms with E-state index in [4.69, 9.17) is 16.6 Å². The number of amides is 4. The first-order valence-electron chi connectivity index (χ1n) is 10.3. The van der Waals surface area contributed by atoms with Gasteiger partial charge in [0.2, 0.25) is 23.6 Å². The van der Waals surface area contributed by atoms with E-state index < -0.39 is 66.2 Å². The molecule has 4 amide bonds. The lowest BCUT2D eigenvalue weighted by Gasteiger charge is -2.25. The van der Waals surface area contributed by atoms with Crippen molar-refractivity contribution in [1.82, 2.24) is 16.0 Å². The number of primary amides is 1. The van der Waals surface area contributed by atoms with Gasteiger partial charge in [0.15, 0.2) is 0 Å². The zero-order chi connectivity index (χ0) is 25.7. The van der Waals surface area contributed by atoms with Crippen LogP contribution in [0.15, 0.2) is 0 Å². The van der Waals surface area contributed by atoms with Crippen molar-refractivity contribution in [2.45, 2.75) is 70.1 Å². The van der Waals surface area contributed by atoms with Crippen LogP contribution < -0.4 is 27.4 Å². The Balaban J connectivity index is 5.24. The summed E-state index contributed by atoms with van der Waals surface area (Å²) < 4.78 is 0. The minimum Gasteiger partial charge on any atom is -0.481 e. The highest BCUT2D eigenvalue weighted by molar-refractivity contribution is 7.80. The summed E-state index contributed by atoms with van der Waals surface area (Å²) in [6, 6.07) is -4.85. The Hall–Kier alpha value is -2.87. The van der Waals surface area contributed by atoms with Crippen molar-refractivity contribution in [3.8, 4) is 0 Å². The molecule has 188 valence electrons. The maximum absolute atomic E-state index is 12.7. The molecule has 0 aliphatic rings. The maximum Gasteiger partial charge on any atom is 0.326 e. The van der Waals surface area contributed by atoms with Gasteiger partial charge in [-0.2, -0.15) is 12.6 Å². The van der Waals surface area contributed by atoms with Crippen LogP contribution in [0.2, 0.25) is 0 Å². The SMILES string of the molecule is CC(C)CC(NC(=O)C(CS)NC(=O)C(N)CCC(N)=O)C(=O)NC(CCC(=O)O)C(=O)O. The molecule has 0 heterocycles. The summed E-state index contributed by atoms with van der Waals surface area (Å²) in [4.78, 5) is 70.4. The van der Waals surface area contributed by atoms with Gasteiger partial charge < -0.3 is 37.6 Å². The first kappa shape index (κ1) is 30.1. The molecule has 0 saturated carbocycles. The van der Waals surface area contributed by atoms with E-state index >= 15 is 0 Å². The minimum atomic E-state index is -1.45. The Kier molecular flexibility index (Phi) is 13.7. The van der Waals surface area contributed by atoms with Crippen LogP contribution in [-0.2, 0) is 28.8 Å². The molecule has 0 fully saturated rings. The minimum absolute atomic E-state index is 0.0205. The lowest BCUT2D eigenvalue weighted by Crippen LogP contribution is -2.57. The highest BCUT2D eigenvalue weighted by Gasteiger charge is 2.30. The van der Waals surface area contributed by atoms with Gasteiger partial charge in [-0.15, -0.1) is 0 Å². The molecule has 13 nitrogen and oxygen atoms in total. The molecule has 0 saturated heterocycles. The number of nitrogens with two attached hydrogens (primary N) is 2. The number of rotatable bonds is 16. The van der Waals surface area contributed by atoms with Gasteiger partial charge in [0.05, 0.1) is 6.04 Å². The average molecular weight is 492 g/mol. The lowest BCUT2D eigenvalue weighted by atomic mass is 10.0. The third kappa shape index (κ3) is 12.7. The Labute approximate surface area is 196 Å². The summed E-state index contributed by atoms with van der Waals surface area (Å²) in [6.07, 6.45) is -0.795. The van der Waals surface area contributed by atoms with Crippen LogP contribution in [-0.4, -0.2) is 75.7 Å². The first-order chi connectivity index (χ1) is 15.3. The Bertz CT molecular complexity index is 733. The van der Waals surface area contributed by atoms with Crippen molar-refractivity contribution >= 4 is 48.2 Å². The van der Waals surface area contributed by atoms with Gasteiger partial charge in [-0.05, 0) is 25.2 Å². The van der Waals surface area contributed by atoms with E-state index in [0.29, 0.717) is 0 Å². The molecule has 0 aliphatic carbocycles. The Morgan fingerprint density at radius 1 is 0.818 bits per heavy atom. The molecule has 0 aromatic rings. The van der Waals surface area contributed by atoms with Crippen molar-refractivity contribution < 1.29 is 39.0 Å². The van der Waals surface area contributed by atoms with Gasteiger partial charge >= 0.3 is 11.9 Å². The summed E-state index contributed by atoms with van der Waals surface area (Å²) in [5.74, 6) is -5.74. The van der Waals surface area contributed by atoms with Crippen LogP contribution in [0.5, 0.6) is 0 Å². The molecule has 0 bridgehead atoms. The van der Waals surface area contributed by atoms with Gasteiger partial charge in [-0.25, -0.2) is 4.79 Å². The number of carbonyl (C=O) groups excluding carboxylic acids is 4. The number of hydrogen-bond donors (Lipinski definition) is 8. The molecule has 0 aliphatic heterocycles. The highest BCUT2D eigenvalue weighted by Crippen LogP contribution is 2.08. The number of hydrogen-bond acceptors (Lipinski definition) is 8. The van der Waals surface area contributed by atoms with Crippen LogP contribution in [0.3, 0.4) is 0 Å². The molecule has 0 spiro atoms. The second-order valence-electron chi connectivity index (χ2n) is 7.88. The van der Waals surface area contributed by atoms with Crippen molar-refractivity contribution in [1.29, 1.82) is 0 Å². The molecule has 0 aromatic carbocycles. The Morgan fingerprint density at radius 3 is 1.79 bits per heavy atom. The fourth-order valence-corrected chi connectivity index (χ4v) is 2.93. The van der Waals surface area contributed by atoms with Gasteiger partial charge in [-0.3, -0.25) is 24.0 Å². The van der Waals surface area contributed by atoms with E-state index in [-0.39, 0.29) is 37.4 Å². The molecule has 0 aromatic heterocycles. The Morgan fingerprint density at radius 2 is 1.33 bits per heavy atom. The predicted octanol–water partition coefficient (Wildman–Crippen LogP) is -2.04. The van der Waals surface area contributed by atoms with Crippen LogP contribution in [0.4, 0.5) is 0 Å². The summed E-state index contributed by atoms with van der Waals surface area (Å²) in [5, 5.41) is 25.1. The summed E-state index contributed by atoms with van der Waals surface area (Å²) >= 11 is 4.03. The molecule has 0 radical (unpaired) electrons. The molecular formula is C19H33N5O8S. The molecule has 0 rings (SSSR count). The molecule has 33 heavy (non-hydrogen) atoms. The van der Waals surface area contributed by atoms with Crippen molar-refractivity contribution in [3.05, 3.63) is 0 Å². The van der Waals surface area contributed by atoms with Crippen LogP contribution >= 0.6 is 12.6 Å². The standard InChI is InChI=1S/C19H33N5O8S/c1-9(2)7-12(17(29)22-11(19(31)32)4-6-15(26)27)23-18(30)13(8-33)24-16(28)10(20)3-5-14(21)25/h9-13,33H,3-8,20H2,1-2H3,(H2,21,25)(H,22,29)(H,23,30)(H,24,28)(H,26,27)(H,31,32). The second kappa shape index (κ2) is 15.1. The van der Waals surface area contributed by atoms with E-state index in [1.165, 1.54) is 0 Å². The number of aliphatic carboxylic acids is 2. The first-order valence-corrected chi connectivity index (χ1v) is 10.9. The van der Waals surface area contributed by atoms with Gasteiger partial charge in [0.1, 0.15) is 18.1 Å².